The van der Waals surface area contributed by atoms with E-state index in [1.807, 2.05) is 36.6 Å². The van der Waals surface area contributed by atoms with Crippen molar-refractivity contribution >= 4 is 23.6 Å². The third-order valence-electron chi connectivity index (χ3n) is 4.01. The predicted molar refractivity (Wildman–Crippen MR) is 90.3 cm³/mol. The molecule has 0 saturated carbocycles. The fourth-order valence-corrected chi connectivity index (χ4v) is 3.08. The minimum absolute atomic E-state index is 0.0438. The summed E-state index contributed by atoms with van der Waals surface area (Å²) in [6.45, 7) is 1.01. The van der Waals surface area contributed by atoms with Crippen LogP contribution in [0.3, 0.4) is 0 Å². The molecule has 1 atom stereocenters. The molecule has 5 nitrogen and oxygen atoms in total. The first kappa shape index (κ1) is 16.6. The van der Waals surface area contributed by atoms with Gasteiger partial charge in [-0.25, -0.2) is 0 Å². The second-order valence-corrected chi connectivity index (χ2v) is 6.59. The maximum Gasteiger partial charge on any atom is 0.311 e. The van der Waals surface area contributed by atoms with Crippen LogP contribution >= 0.6 is 11.8 Å². The van der Waals surface area contributed by atoms with Crippen LogP contribution in [0.4, 0.5) is 0 Å². The van der Waals surface area contributed by atoms with Gasteiger partial charge in [-0.05, 0) is 36.1 Å². The Kier molecular flexibility index (Phi) is 5.25. The Morgan fingerprint density at radius 1 is 1.33 bits per heavy atom. The van der Waals surface area contributed by atoms with Crippen molar-refractivity contribution in [2.75, 3.05) is 12.8 Å². The molecule has 0 aliphatic carbocycles. The lowest BCUT2D eigenvalue weighted by Gasteiger charge is -2.14. The SMILES string of the molecule is CSc1ccc(COC(=O)[C@H]2CC(=O)N(Cc3ccco3)C2)cc1. The number of esters is 1. The molecule has 1 aromatic heterocycles. The third kappa shape index (κ3) is 4.00. The van der Waals surface area contributed by atoms with Crippen molar-refractivity contribution < 1.29 is 18.7 Å². The number of amides is 1. The summed E-state index contributed by atoms with van der Waals surface area (Å²) < 4.78 is 10.6. The first-order valence-electron chi connectivity index (χ1n) is 7.75. The van der Waals surface area contributed by atoms with E-state index in [1.54, 1.807) is 29.0 Å². The normalized spacial score (nSPS) is 17.3. The molecular formula is C18H19NO4S. The molecule has 2 heterocycles. The molecule has 0 bridgehead atoms. The quantitative estimate of drug-likeness (QED) is 0.595. The van der Waals surface area contributed by atoms with Crippen molar-refractivity contribution in [1.29, 1.82) is 0 Å². The second kappa shape index (κ2) is 7.57. The number of thioether (sulfide) groups is 1. The number of carbonyl (C=O) groups excluding carboxylic acids is 2. The number of likely N-dealkylation sites (tertiary alicyclic amines) is 1. The molecule has 0 radical (unpaired) electrons. The van der Waals surface area contributed by atoms with Crippen LogP contribution < -0.4 is 0 Å². The summed E-state index contributed by atoms with van der Waals surface area (Å²) in [4.78, 5) is 27.0. The zero-order valence-corrected chi connectivity index (χ0v) is 14.3. The molecule has 3 rings (SSSR count). The molecule has 1 aromatic carbocycles. The van der Waals surface area contributed by atoms with Gasteiger partial charge in [-0.2, -0.15) is 0 Å². The lowest BCUT2D eigenvalue weighted by atomic mass is 10.1. The van der Waals surface area contributed by atoms with Gasteiger partial charge in [0, 0.05) is 17.9 Å². The summed E-state index contributed by atoms with van der Waals surface area (Å²) in [7, 11) is 0. The fraction of sp³-hybridized carbons (Fsp3) is 0.333. The molecule has 1 fully saturated rings. The number of ether oxygens (including phenoxy) is 1. The van der Waals surface area contributed by atoms with E-state index >= 15 is 0 Å². The van der Waals surface area contributed by atoms with Crippen LogP contribution in [0.2, 0.25) is 0 Å². The summed E-state index contributed by atoms with van der Waals surface area (Å²) in [5.41, 5.74) is 0.943. The van der Waals surface area contributed by atoms with Gasteiger partial charge in [0.05, 0.1) is 18.7 Å². The monoisotopic (exact) mass is 345 g/mol. The van der Waals surface area contributed by atoms with Crippen LogP contribution in [0.5, 0.6) is 0 Å². The van der Waals surface area contributed by atoms with Crippen molar-refractivity contribution in [3.8, 4) is 0 Å². The largest absolute Gasteiger partial charge is 0.467 e. The van der Waals surface area contributed by atoms with Crippen LogP contribution in [-0.4, -0.2) is 29.6 Å². The standard InChI is InChI=1S/C18H19NO4S/c1-24-16-6-4-13(5-7-16)12-23-18(21)14-9-17(20)19(10-14)11-15-3-2-8-22-15/h2-8,14H,9-12H2,1H3/t14-/m0/s1. The summed E-state index contributed by atoms with van der Waals surface area (Å²) in [5, 5.41) is 0. The molecule has 1 aliphatic rings. The van der Waals surface area contributed by atoms with E-state index in [0.717, 1.165) is 5.56 Å². The van der Waals surface area contributed by atoms with Gasteiger partial charge in [-0.15, -0.1) is 11.8 Å². The minimum atomic E-state index is -0.405. The highest BCUT2D eigenvalue weighted by Crippen LogP contribution is 2.22. The Bertz CT molecular complexity index is 696. The summed E-state index contributed by atoms with van der Waals surface area (Å²) in [5.74, 6) is -0.0545. The molecular weight excluding hydrogens is 326 g/mol. The predicted octanol–water partition coefficient (Wildman–Crippen LogP) is 3.09. The molecule has 1 aliphatic heterocycles. The Labute approximate surface area is 145 Å². The van der Waals surface area contributed by atoms with Crippen molar-refractivity contribution in [2.45, 2.75) is 24.5 Å². The van der Waals surface area contributed by atoms with Gasteiger partial charge in [0.2, 0.25) is 5.91 Å². The molecule has 24 heavy (non-hydrogen) atoms. The van der Waals surface area contributed by atoms with E-state index in [0.29, 0.717) is 18.8 Å². The Morgan fingerprint density at radius 2 is 2.12 bits per heavy atom. The van der Waals surface area contributed by atoms with Crippen molar-refractivity contribution in [3.05, 3.63) is 54.0 Å². The fourth-order valence-electron chi connectivity index (χ4n) is 2.67. The van der Waals surface area contributed by atoms with E-state index in [9.17, 15) is 9.59 Å². The average molecular weight is 345 g/mol. The van der Waals surface area contributed by atoms with Gasteiger partial charge < -0.3 is 14.1 Å². The number of nitrogens with zero attached hydrogens (tertiary/aromatic N) is 1. The van der Waals surface area contributed by atoms with Crippen LogP contribution in [-0.2, 0) is 27.5 Å². The van der Waals surface area contributed by atoms with Gasteiger partial charge in [-0.1, -0.05) is 12.1 Å². The highest BCUT2D eigenvalue weighted by molar-refractivity contribution is 7.98. The van der Waals surface area contributed by atoms with Crippen molar-refractivity contribution in [3.63, 3.8) is 0 Å². The van der Waals surface area contributed by atoms with Crippen molar-refractivity contribution in [2.24, 2.45) is 5.92 Å². The van der Waals surface area contributed by atoms with Gasteiger partial charge in [0.1, 0.15) is 12.4 Å². The molecule has 0 N–H and O–H groups in total. The van der Waals surface area contributed by atoms with Crippen LogP contribution in [0.1, 0.15) is 17.7 Å². The lowest BCUT2D eigenvalue weighted by molar-refractivity contribution is -0.149. The Balaban J connectivity index is 1.51. The third-order valence-corrected chi connectivity index (χ3v) is 4.76. The molecule has 126 valence electrons. The Morgan fingerprint density at radius 3 is 2.79 bits per heavy atom. The number of furan rings is 1. The maximum atomic E-state index is 12.2. The zero-order chi connectivity index (χ0) is 16.9. The number of hydrogen-bond acceptors (Lipinski definition) is 5. The summed E-state index contributed by atoms with van der Waals surface area (Å²) in [6.07, 6.45) is 3.79. The molecule has 0 spiro atoms. The van der Waals surface area contributed by atoms with E-state index in [2.05, 4.69) is 0 Å². The lowest BCUT2D eigenvalue weighted by Crippen LogP contribution is -2.26. The number of rotatable bonds is 6. The zero-order valence-electron chi connectivity index (χ0n) is 13.4. The molecule has 2 aromatic rings. The van der Waals surface area contributed by atoms with Gasteiger partial charge >= 0.3 is 5.97 Å². The van der Waals surface area contributed by atoms with Crippen LogP contribution in [0.15, 0.2) is 52.0 Å². The smallest absolute Gasteiger partial charge is 0.311 e. The molecule has 1 saturated heterocycles. The maximum absolute atomic E-state index is 12.2. The van der Waals surface area contributed by atoms with Crippen molar-refractivity contribution in [1.82, 2.24) is 4.90 Å². The number of carbonyl (C=O) groups is 2. The molecule has 6 heteroatoms. The molecule has 0 unspecified atom stereocenters. The highest BCUT2D eigenvalue weighted by Gasteiger charge is 2.35. The first-order chi connectivity index (χ1) is 11.7. The van der Waals surface area contributed by atoms with Gasteiger partial charge in [0.15, 0.2) is 0 Å². The topological polar surface area (TPSA) is 59.8 Å². The van der Waals surface area contributed by atoms with E-state index in [-0.39, 0.29) is 24.9 Å². The first-order valence-corrected chi connectivity index (χ1v) is 8.98. The number of benzene rings is 1. The molecule has 1 amide bonds. The van der Waals surface area contributed by atoms with Gasteiger partial charge in [-0.3, -0.25) is 9.59 Å². The van der Waals surface area contributed by atoms with E-state index in [4.69, 9.17) is 9.15 Å². The van der Waals surface area contributed by atoms with Gasteiger partial charge in [0.25, 0.3) is 0 Å². The van der Waals surface area contributed by atoms with Crippen LogP contribution in [0.25, 0.3) is 0 Å². The Hall–Kier alpha value is -2.21. The minimum Gasteiger partial charge on any atom is -0.467 e. The van der Waals surface area contributed by atoms with E-state index in [1.165, 1.54) is 4.90 Å². The summed E-state index contributed by atoms with van der Waals surface area (Å²) in [6, 6.07) is 11.5. The highest BCUT2D eigenvalue weighted by atomic mass is 32.2. The van der Waals surface area contributed by atoms with Crippen LogP contribution in [0, 0.1) is 5.92 Å². The second-order valence-electron chi connectivity index (χ2n) is 5.71. The van der Waals surface area contributed by atoms with E-state index < -0.39 is 5.92 Å². The number of hydrogen-bond donors (Lipinski definition) is 0. The average Bonchev–Trinajstić information content (AvgIpc) is 3.24. The summed E-state index contributed by atoms with van der Waals surface area (Å²) >= 11 is 1.67.